The number of pyridine rings is 1. The van der Waals surface area contributed by atoms with Gasteiger partial charge in [-0.15, -0.1) is 0 Å². The Hall–Kier alpha value is -3.26. The van der Waals surface area contributed by atoms with Crippen molar-refractivity contribution in [2.24, 2.45) is 0 Å². The molecular formula is C15H11ClN6O2. The van der Waals surface area contributed by atoms with Crippen LogP contribution in [0.1, 0.15) is 0 Å². The van der Waals surface area contributed by atoms with E-state index in [1.54, 1.807) is 24.3 Å². The zero-order chi connectivity index (χ0) is 16.9. The van der Waals surface area contributed by atoms with E-state index in [9.17, 15) is 10.1 Å². The normalized spacial score (nSPS) is 10.2. The molecule has 2 heterocycles. The van der Waals surface area contributed by atoms with Gasteiger partial charge in [0, 0.05) is 11.9 Å². The van der Waals surface area contributed by atoms with Crippen LogP contribution < -0.4 is 10.6 Å². The van der Waals surface area contributed by atoms with Crippen LogP contribution in [0.3, 0.4) is 0 Å². The molecule has 0 fully saturated rings. The van der Waals surface area contributed by atoms with Crippen molar-refractivity contribution >= 4 is 40.3 Å². The number of aromatic nitrogens is 3. The van der Waals surface area contributed by atoms with Crippen molar-refractivity contribution in [3.8, 4) is 0 Å². The van der Waals surface area contributed by atoms with Gasteiger partial charge in [-0.2, -0.15) is 0 Å². The fourth-order valence-electron chi connectivity index (χ4n) is 2.00. The van der Waals surface area contributed by atoms with Gasteiger partial charge in [-0.1, -0.05) is 29.8 Å². The Bertz CT molecular complexity index is 875. The molecule has 0 spiro atoms. The lowest BCUT2D eigenvalue weighted by Gasteiger charge is -2.10. The molecule has 2 N–H and O–H groups in total. The molecule has 0 saturated carbocycles. The molecule has 0 radical (unpaired) electrons. The molecule has 0 unspecified atom stereocenters. The smallest absolute Gasteiger partial charge is 0.334 e. The van der Waals surface area contributed by atoms with E-state index in [1.165, 1.54) is 12.5 Å². The van der Waals surface area contributed by atoms with Gasteiger partial charge in [0.1, 0.15) is 6.33 Å². The summed E-state index contributed by atoms with van der Waals surface area (Å²) in [5, 5.41) is 17.4. The van der Waals surface area contributed by atoms with E-state index in [4.69, 9.17) is 11.6 Å². The number of halogens is 1. The first kappa shape index (κ1) is 15.6. The monoisotopic (exact) mass is 342 g/mol. The van der Waals surface area contributed by atoms with Crippen LogP contribution in [-0.2, 0) is 0 Å². The first-order valence-corrected chi connectivity index (χ1v) is 7.22. The molecular weight excluding hydrogens is 332 g/mol. The first-order chi connectivity index (χ1) is 11.6. The molecule has 0 aliphatic heterocycles. The summed E-state index contributed by atoms with van der Waals surface area (Å²) in [4.78, 5) is 22.8. The molecule has 3 aromatic rings. The molecule has 8 nitrogen and oxygen atoms in total. The van der Waals surface area contributed by atoms with E-state index < -0.39 is 4.92 Å². The standard InChI is InChI=1S/C15H11ClN6O2/c16-13-11(7-4-8-17-13)21-15-12(22(23)24)14(18-9-19-15)20-10-5-2-1-3-6-10/h1-9H,(H2,18,19,20,21). The fourth-order valence-corrected chi connectivity index (χ4v) is 2.17. The number of benzene rings is 1. The molecule has 2 aromatic heterocycles. The minimum atomic E-state index is -0.558. The molecule has 0 atom stereocenters. The highest BCUT2D eigenvalue weighted by atomic mass is 35.5. The summed E-state index contributed by atoms with van der Waals surface area (Å²) in [5.41, 5.74) is 0.789. The second-order valence-corrected chi connectivity index (χ2v) is 4.99. The second-order valence-electron chi connectivity index (χ2n) is 4.63. The molecule has 120 valence electrons. The van der Waals surface area contributed by atoms with Crippen molar-refractivity contribution in [1.82, 2.24) is 15.0 Å². The predicted octanol–water partition coefficient (Wildman–Crippen LogP) is 3.92. The summed E-state index contributed by atoms with van der Waals surface area (Å²) in [6.45, 7) is 0. The predicted molar refractivity (Wildman–Crippen MR) is 90.9 cm³/mol. The van der Waals surface area contributed by atoms with E-state index in [1.807, 2.05) is 18.2 Å². The Morgan fingerprint density at radius 3 is 2.33 bits per heavy atom. The molecule has 9 heteroatoms. The number of rotatable bonds is 5. The number of para-hydroxylation sites is 1. The molecule has 0 aliphatic carbocycles. The van der Waals surface area contributed by atoms with Crippen LogP contribution in [0, 0.1) is 10.1 Å². The van der Waals surface area contributed by atoms with Gasteiger partial charge in [0.25, 0.3) is 0 Å². The average Bonchev–Trinajstić information content (AvgIpc) is 2.58. The van der Waals surface area contributed by atoms with Crippen LogP contribution in [0.2, 0.25) is 5.15 Å². The van der Waals surface area contributed by atoms with E-state index in [2.05, 4.69) is 25.6 Å². The summed E-state index contributed by atoms with van der Waals surface area (Å²) in [5.74, 6) is 0.0899. The van der Waals surface area contributed by atoms with E-state index in [0.29, 0.717) is 11.4 Å². The van der Waals surface area contributed by atoms with Crippen LogP contribution in [-0.4, -0.2) is 19.9 Å². The Morgan fingerprint density at radius 2 is 1.67 bits per heavy atom. The summed E-state index contributed by atoms with van der Waals surface area (Å²) < 4.78 is 0. The topological polar surface area (TPSA) is 106 Å². The lowest BCUT2D eigenvalue weighted by atomic mass is 10.3. The molecule has 0 aliphatic rings. The minimum absolute atomic E-state index is 0.0170. The van der Waals surface area contributed by atoms with E-state index in [0.717, 1.165) is 0 Å². The van der Waals surface area contributed by atoms with Crippen molar-refractivity contribution < 1.29 is 4.92 Å². The fraction of sp³-hybridized carbons (Fsp3) is 0. The van der Waals surface area contributed by atoms with Crippen molar-refractivity contribution in [2.45, 2.75) is 0 Å². The molecule has 1 aromatic carbocycles. The largest absolute Gasteiger partial charge is 0.353 e. The number of anilines is 4. The van der Waals surface area contributed by atoms with Gasteiger partial charge >= 0.3 is 5.69 Å². The van der Waals surface area contributed by atoms with Gasteiger partial charge in [0.05, 0.1) is 10.6 Å². The van der Waals surface area contributed by atoms with Gasteiger partial charge in [-0.05, 0) is 24.3 Å². The Labute approximate surface area is 141 Å². The van der Waals surface area contributed by atoms with Crippen LogP contribution in [0.15, 0.2) is 55.0 Å². The maximum absolute atomic E-state index is 11.5. The third-order valence-electron chi connectivity index (χ3n) is 3.05. The SMILES string of the molecule is O=[N+]([O-])c1c(Nc2ccccc2)ncnc1Nc1cccnc1Cl. The van der Waals surface area contributed by atoms with Gasteiger partial charge in [-0.25, -0.2) is 15.0 Å². The number of hydrogen-bond acceptors (Lipinski definition) is 7. The zero-order valence-electron chi connectivity index (χ0n) is 12.2. The summed E-state index contributed by atoms with van der Waals surface area (Å²) >= 11 is 5.97. The minimum Gasteiger partial charge on any atom is -0.334 e. The van der Waals surface area contributed by atoms with Gasteiger partial charge in [0.15, 0.2) is 5.15 Å². The van der Waals surface area contributed by atoms with Gasteiger partial charge < -0.3 is 10.6 Å². The van der Waals surface area contributed by atoms with Crippen molar-refractivity contribution in [1.29, 1.82) is 0 Å². The first-order valence-electron chi connectivity index (χ1n) is 6.84. The van der Waals surface area contributed by atoms with Crippen molar-refractivity contribution in [3.63, 3.8) is 0 Å². The maximum atomic E-state index is 11.5. The van der Waals surface area contributed by atoms with Gasteiger partial charge in [0.2, 0.25) is 11.6 Å². The number of nitro groups is 1. The third kappa shape index (κ3) is 3.39. The van der Waals surface area contributed by atoms with Crippen LogP contribution in [0.5, 0.6) is 0 Å². The Morgan fingerprint density at radius 1 is 0.958 bits per heavy atom. The lowest BCUT2D eigenvalue weighted by molar-refractivity contribution is -0.383. The van der Waals surface area contributed by atoms with Crippen LogP contribution in [0.4, 0.5) is 28.7 Å². The quantitative estimate of drug-likeness (QED) is 0.411. The highest BCUT2D eigenvalue weighted by Crippen LogP contribution is 2.33. The van der Waals surface area contributed by atoms with E-state index >= 15 is 0 Å². The third-order valence-corrected chi connectivity index (χ3v) is 3.35. The lowest BCUT2D eigenvalue weighted by Crippen LogP contribution is -2.05. The summed E-state index contributed by atoms with van der Waals surface area (Å²) in [7, 11) is 0. The average molecular weight is 343 g/mol. The second kappa shape index (κ2) is 6.88. The maximum Gasteiger partial charge on any atom is 0.353 e. The van der Waals surface area contributed by atoms with Crippen LogP contribution >= 0.6 is 11.6 Å². The Balaban J connectivity index is 1.99. The van der Waals surface area contributed by atoms with Crippen molar-refractivity contribution in [3.05, 3.63) is 70.3 Å². The molecule has 3 rings (SSSR count). The number of nitrogens with one attached hydrogen (secondary N) is 2. The zero-order valence-corrected chi connectivity index (χ0v) is 12.9. The molecule has 0 amide bonds. The molecule has 24 heavy (non-hydrogen) atoms. The van der Waals surface area contributed by atoms with E-state index in [-0.39, 0.29) is 22.5 Å². The number of nitrogens with zero attached hydrogens (tertiary/aromatic N) is 4. The molecule has 0 saturated heterocycles. The van der Waals surface area contributed by atoms with Crippen molar-refractivity contribution in [2.75, 3.05) is 10.6 Å². The highest BCUT2D eigenvalue weighted by molar-refractivity contribution is 6.32. The number of hydrogen-bond donors (Lipinski definition) is 2. The summed E-state index contributed by atoms with van der Waals surface area (Å²) in [6, 6.07) is 12.3. The summed E-state index contributed by atoms with van der Waals surface area (Å²) in [6.07, 6.45) is 2.75. The Kier molecular flexibility index (Phi) is 4.48. The highest BCUT2D eigenvalue weighted by Gasteiger charge is 2.23. The van der Waals surface area contributed by atoms with Gasteiger partial charge in [-0.3, -0.25) is 10.1 Å². The van der Waals surface area contributed by atoms with Crippen LogP contribution in [0.25, 0.3) is 0 Å². The molecule has 0 bridgehead atoms.